The van der Waals surface area contributed by atoms with E-state index in [2.05, 4.69) is 0 Å². The number of nitrogens with zero attached hydrogens (tertiary/aromatic N) is 1. The quantitative estimate of drug-likeness (QED) is 0.497. The molecule has 0 radical (unpaired) electrons. The van der Waals surface area contributed by atoms with Gasteiger partial charge in [0, 0.05) is 23.3 Å². The van der Waals surface area contributed by atoms with Gasteiger partial charge in [0.2, 0.25) is 0 Å². The molecule has 0 heterocycles. The Bertz CT molecular complexity index is 383. The number of amides is 1. The third kappa shape index (κ3) is 24.8. The minimum atomic E-state index is -0.356. The second-order valence-corrected chi connectivity index (χ2v) is 8.85. The van der Waals surface area contributed by atoms with E-state index < -0.39 is 0 Å². The molecular weight excluding hydrogens is 342 g/mol. The van der Waals surface area contributed by atoms with Gasteiger partial charge in [0.05, 0.1) is 7.11 Å². The number of Topliss-reactive ketones (excluding diaryl/α,β-unsaturated/α-hetero) is 2. The predicted octanol–water partition coefficient (Wildman–Crippen LogP) is 6.20. The zero-order valence-corrected chi connectivity index (χ0v) is 18.1. The van der Waals surface area contributed by atoms with Gasteiger partial charge in [-0.2, -0.15) is 0 Å². The Morgan fingerprint density at radius 3 is 0.852 bits per heavy atom. The van der Waals surface area contributed by atoms with Crippen molar-refractivity contribution in [3.63, 3.8) is 0 Å². The Labute approximate surface area is 171 Å². The zero-order valence-electron chi connectivity index (χ0n) is 18.1. The van der Waals surface area contributed by atoms with Crippen molar-refractivity contribution < 1.29 is 19.2 Å². The summed E-state index contributed by atoms with van der Waals surface area (Å²) in [7, 11) is 3.08. The average molecular weight is 394 g/mol. The van der Waals surface area contributed by atoms with Crippen molar-refractivity contribution in [2.75, 3.05) is 14.2 Å². The summed E-state index contributed by atoms with van der Waals surface area (Å²) in [5.74, 6) is 0.468. The molecule has 0 aliphatic carbocycles. The van der Waals surface area contributed by atoms with E-state index in [1.165, 1.54) is 12.2 Å². The standard InChI is InChI=1S/C7H15NO2.2C6H12O.3CH4/c1-7(2,3)6(9)8(4)10-5;2*1-5(7)6(2,3)4;;;/h1-5H3;2*1-4H3;3*1H4. The topological polar surface area (TPSA) is 63.7 Å². The summed E-state index contributed by atoms with van der Waals surface area (Å²) in [6.45, 7) is 20.3. The Morgan fingerprint density at radius 2 is 0.815 bits per heavy atom. The summed E-state index contributed by atoms with van der Waals surface area (Å²) in [5, 5.41) is 1.24. The smallest absolute Gasteiger partial charge is 0.251 e. The van der Waals surface area contributed by atoms with Crippen LogP contribution in [0.15, 0.2) is 0 Å². The van der Waals surface area contributed by atoms with Gasteiger partial charge < -0.3 is 0 Å². The first-order valence-corrected chi connectivity index (χ1v) is 8.12. The van der Waals surface area contributed by atoms with Crippen molar-refractivity contribution in [2.45, 2.75) is 98.4 Å². The number of carbonyl (C=O) groups excluding carboxylic acids is 3. The normalized spacial score (nSPS) is 10.1. The van der Waals surface area contributed by atoms with Crippen molar-refractivity contribution >= 4 is 17.5 Å². The van der Waals surface area contributed by atoms with Gasteiger partial charge >= 0.3 is 0 Å². The van der Waals surface area contributed by atoms with Crippen LogP contribution in [-0.4, -0.2) is 36.7 Å². The Hall–Kier alpha value is -1.23. The van der Waals surface area contributed by atoms with Crippen LogP contribution < -0.4 is 0 Å². The predicted molar refractivity (Wildman–Crippen MR) is 120 cm³/mol. The van der Waals surface area contributed by atoms with E-state index in [0.29, 0.717) is 0 Å². The van der Waals surface area contributed by atoms with Crippen LogP contribution in [0.5, 0.6) is 0 Å². The molecule has 0 unspecified atom stereocenters. The van der Waals surface area contributed by atoms with Gasteiger partial charge in [-0.05, 0) is 13.8 Å². The molecule has 0 aromatic rings. The van der Waals surface area contributed by atoms with E-state index >= 15 is 0 Å². The van der Waals surface area contributed by atoms with E-state index in [1.807, 2.05) is 62.3 Å². The van der Waals surface area contributed by atoms with Crippen LogP contribution >= 0.6 is 0 Å². The van der Waals surface area contributed by atoms with Crippen molar-refractivity contribution in [3.05, 3.63) is 0 Å². The fourth-order valence-corrected chi connectivity index (χ4v) is 0.555. The van der Waals surface area contributed by atoms with E-state index in [4.69, 9.17) is 4.84 Å². The maximum Gasteiger partial charge on any atom is 0.251 e. The van der Waals surface area contributed by atoms with Crippen molar-refractivity contribution in [3.8, 4) is 0 Å². The fourth-order valence-electron chi connectivity index (χ4n) is 0.555. The summed E-state index contributed by atoms with van der Waals surface area (Å²) in [6, 6.07) is 0. The monoisotopic (exact) mass is 393 g/mol. The molecule has 5 nitrogen and oxygen atoms in total. The lowest BCUT2D eigenvalue weighted by molar-refractivity contribution is -0.177. The molecule has 0 aromatic carbocycles. The van der Waals surface area contributed by atoms with Gasteiger partial charge in [-0.15, -0.1) is 0 Å². The summed E-state index contributed by atoms with van der Waals surface area (Å²) in [6.07, 6.45) is 0. The molecule has 0 fully saturated rings. The lowest BCUT2D eigenvalue weighted by atomic mass is 9.92. The molecule has 0 rings (SSSR count). The van der Waals surface area contributed by atoms with Gasteiger partial charge in [-0.1, -0.05) is 84.6 Å². The molecule has 1 amide bonds. The lowest BCUT2D eigenvalue weighted by Gasteiger charge is -2.23. The number of rotatable bonds is 1. The SMILES string of the molecule is C.C.C.CC(=O)C(C)(C)C.CC(=O)C(C)(C)C.CON(C)C(=O)C(C)(C)C. The highest BCUT2D eigenvalue weighted by atomic mass is 16.7. The van der Waals surface area contributed by atoms with Gasteiger partial charge in [-0.3, -0.25) is 19.2 Å². The van der Waals surface area contributed by atoms with E-state index in [0.717, 1.165) is 0 Å². The average Bonchev–Trinajstić information content (AvgIpc) is 2.34. The summed E-state index contributed by atoms with van der Waals surface area (Å²) >= 11 is 0. The van der Waals surface area contributed by atoms with Crippen LogP contribution in [0.4, 0.5) is 0 Å². The van der Waals surface area contributed by atoms with Gasteiger partial charge in [0.15, 0.2) is 0 Å². The highest BCUT2D eigenvalue weighted by Crippen LogP contribution is 2.16. The minimum absolute atomic E-state index is 0. The third-order valence-electron chi connectivity index (χ3n) is 3.31. The number of hydrogen-bond donors (Lipinski definition) is 0. The molecule has 0 saturated heterocycles. The van der Waals surface area contributed by atoms with Crippen LogP contribution in [-0.2, 0) is 19.2 Å². The molecule has 5 heteroatoms. The highest BCUT2D eigenvalue weighted by molar-refractivity contribution is 5.81. The Balaban J connectivity index is -0.0000000593. The summed E-state index contributed by atoms with van der Waals surface area (Å²) in [5.41, 5.74) is -0.634. The van der Waals surface area contributed by atoms with Crippen LogP contribution in [0.25, 0.3) is 0 Å². The molecule has 0 atom stereocenters. The largest absolute Gasteiger partial charge is 0.299 e. The molecule has 0 saturated carbocycles. The van der Waals surface area contributed by atoms with Crippen LogP contribution in [0.1, 0.15) is 98.4 Å². The molecule has 0 bridgehead atoms. The van der Waals surface area contributed by atoms with E-state index in [-0.39, 0.29) is 56.0 Å². The van der Waals surface area contributed by atoms with E-state index in [9.17, 15) is 14.4 Å². The van der Waals surface area contributed by atoms with Gasteiger partial charge in [0.1, 0.15) is 11.6 Å². The van der Waals surface area contributed by atoms with Gasteiger partial charge in [0.25, 0.3) is 5.91 Å². The highest BCUT2D eigenvalue weighted by Gasteiger charge is 2.24. The summed E-state index contributed by atoms with van der Waals surface area (Å²) in [4.78, 5) is 36.8. The van der Waals surface area contributed by atoms with Crippen molar-refractivity contribution in [2.24, 2.45) is 16.2 Å². The molecule has 0 N–H and O–H groups in total. The van der Waals surface area contributed by atoms with Crippen LogP contribution in [0, 0.1) is 16.2 Å². The maximum atomic E-state index is 11.2. The first-order chi connectivity index (χ1) is 10.3. The molecule has 0 aromatic heterocycles. The first kappa shape index (κ1) is 40.5. The molecule has 0 spiro atoms. The van der Waals surface area contributed by atoms with E-state index in [1.54, 1.807) is 20.9 Å². The van der Waals surface area contributed by atoms with Crippen LogP contribution in [0.3, 0.4) is 0 Å². The number of carbonyl (C=O) groups is 3. The first-order valence-electron chi connectivity index (χ1n) is 8.12. The Kier molecular flexibility index (Phi) is 23.7. The number of hydroxylamine groups is 2. The third-order valence-corrected chi connectivity index (χ3v) is 3.31. The van der Waals surface area contributed by atoms with Crippen molar-refractivity contribution in [1.29, 1.82) is 0 Å². The molecule has 0 aliphatic heterocycles. The lowest BCUT2D eigenvalue weighted by Crippen LogP contribution is -2.35. The molecule has 0 aliphatic rings. The van der Waals surface area contributed by atoms with Crippen molar-refractivity contribution in [1.82, 2.24) is 5.06 Å². The second-order valence-electron chi connectivity index (χ2n) is 8.85. The molecular formula is C22H51NO4. The molecule has 168 valence electrons. The summed E-state index contributed by atoms with van der Waals surface area (Å²) < 4.78 is 0. The minimum Gasteiger partial charge on any atom is -0.299 e. The zero-order chi connectivity index (χ0) is 20.5. The number of hydrogen-bond acceptors (Lipinski definition) is 4. The Morgan fingerprint density at radius 1 is 0.630 bits per heavy atom. The van der Waals surface area contributed by atoms with Gasteiger partial charge in [-0.25, -0.2) is 5.06 Å². The number of ketones is 2. The fraction of sp³-hybridized carbons (Fsp3) is 0.864. The maximum absolute atomic E-state index is 11.2. The molecule has 27 heavy (non-hydrogen) atoms. The van der Waals surface area contributed by atoms with Crippen LogP contribution in [0.2, 0.25) is 0 Å². The second kappa shape index (κ2) is 15.8.